The molecule has 3 nitrogen and oxygen atoms in total. The standard InChI is InChI=1S/C16H25BrN2O/c1-3-15-12-19(11-10-18(15)2)9-8-16(20)13-4-6-14(17)7-5-13/h4-7,15-16,20H,3,8-12H2,1-2H3. The van der Waals surface area contributed by atoms with Crippen molar-refractivity contribution in [3.63, 3.8) is 0 Å². The molecule has 20 heavy (non-hydrogen) atoms. The summed E-state index contributed by atoms with van der Waals surface area (Å²) >= 11 is 3.42. The molecule has 2 rings (SSSR count). The van der Waals surface area contributed by atoms with Crippen molar-refractivity contribution in [2.45, 2.75) is 31.9 Å². The molecule has 1 aromatic rings. The lowest BCUT2D eigenvalue weighted by molar-refractivity contribution is 0.0755. The first-order chi connectivity index (χ1) is 9.60. The Morgan fingerprint density at radius 1 is 1.30 bits per heavy atom. The van der Waals surface area contributed by atoms with Crippen molar-refractivity contribution in [1.29, 1.82) is 0 Å². The lowest BCUT2D eigenvalue weighted by Gasteiger charge is -2.39. The van der Waals surface area contributed by atoms with Gasteiger partial charge in [0, 0.05) is 36.7 Å². The number of aliphatic hydroxyl groups excluding tert-OH is 1. The van der Waals surface area contributed by atoms with Gasteiger partial charge in [-0.05, 0) is 37.6 Å². The zero-order valence-corrected chi connectivity index (χ0v) is 14.0. The third kappa shape index (κ3) is 4.29. The highest BCUT2D eigenvalue weighted by atomic mass is 79.9. The molecule has 1 N–H and O–H groups in total. The van der Waals surface area contributed by atoms with E-state index in [4.69, 9.17) is 0 Å². The fraction of sp³-hybridized carbons (Fsp3) is 0.625. The average Bonchev–Trinajstić information content (AvgIpc) is 2.46. The lowest BCUT2D eigenvalue weighted by atomic mass is 10.1. The number of halogens is 1. The molecule has 0 amide bonds. The number of hydrogen-bond donors (Lipinski definition) is 1. The molecule has 1 saturated heterocycles. The van der Waals surface area contributed by atoms with Gasteiger partial charge < -0.3 is 14.9 Å². The SMILES string of the molecule is CCC1CN(CCC(O)c2ccc(Br)cc2)CCN1C. The summed E-state index contributed by atoms with van der Waals surface area (Å²) in [6, 6.07) is 8.62. The van der Waals surface area contributed by atoms with Crippen molar-refractivity contribution in [2.75, 3.05) is 33.2 Å². The lowest BCUT2D eigenvalue weighted by Crippen LogP contribution is -2.51. The van der Waals surface area contributed by atoms with Crippen LogP contribution in [-0.4, -0.2) is 54.2 Å². The Morgan fingerprint density at radius 3 is 2.65 bits per heavy atom. The molecule has 0 saturated carbocycles. The van der Waals surface area contributed by atoms with Crippen LogP contribution in [0.1, 0.15) is 31.4 Å². The van der Waals surface area contributed by atoms with Crippen molar-refractivity contribution in [2.24, 2.45) is 0 Å². The minimum absolute atomic E-state index is 0.358. The summed E-state index contributed by atoms with van der Waals surface area (Å²) in [5.41, 5.74) is 1.01. The molecular weight excluding hydrogens is 316 g/mol. The molecule has 4 heteroatoms. The third-order valence-electron chi connectivity index (χ3n) is 4.31. The van der Waals surface area contributed by atoms with Gasteiger partial charge in [-0.15, -0.1) is 0 Å². The summed E-state index contributed by atoms with van der Waals surface area (Å²) in [6.07, 6.45) is 1.65. The molecule has 0 spiro atoms. The van der Waals surface area contributed by atoms with Gasteiger partial charge in [0.05, 0.1) is 6.10 Å². The molecule has 0 radical (unpaired) electrons. The van der Waals surface area contributed by atoms with E-state index in [1.165, 1.54) is 6.42 Å². The summed E-state index contributed by atoms with van der Waals surface area (Å²) in [6.45, 7) is 6.59. The highest BCUT2D eigenvalue weighted by Gasteiger charge is 2.23. The second-order valence-electron chi connectivity index (χ2n) is 5.70. The van der Waals surface area contributed by atoms with Crippen LogP contribution in [0.2, 0.25) is 0 Å². The van der Waals surface area contributed by atoms with Crippen molar-refractivity contribution in [3.05, 3.63) is 34.3 Å². The Hall–Kier alpha value is -0.420. The van der Waals surface area contributed by atoms with Gasteiger partial charge in [0.15, 0.2) is 0 Å². The summed E-state index contributed by atoms with van der Waals surface area (Å²) in [5, 5.41) is 10.3. The van der Waals surface area contributed by atoms with E-state index in [0.717, 1.165) is 42.6 Å². The minimum Gasteiger partial charge on any atom is -0.388 e. The maximum absolute atomic E-state index is 10.3. The van der Waals surface area contributed by atoms with Gasteiger partial charge in [-0.2, -0.15) is 0 Å². The number of benzene rings is 1. The van der Waals surface area contributed by atoms with Gasteiger partial charge in [-0.25, -0.2) is 0 Å². The van der Waals surface area contributed by atoms with Gasteiger partial charge in [0.2, 0.25) is 0 Å². The summed E-state index contributed by atoms with van der Waals surface area (Å²) < 4.78 is 1.05. The molecular formula is C16H25BrN2O. The topological polar surface area (TPSA) is 26.7 Å². The quantitative estimate of drug-likeness (QED) is 0.892. The van der Waals surface area contributed by atoms with Crippen LogP contribution in [0.4, 0.5) is 0 Å². The zero-order chi connectivity index (χ0) is 14.5. The van der Waals surface area contributed by atoms with E-state index in [9.17, 15) is 5.11 Å². The van der Waals surface area contributed by atoms with Gasteiger partial charge in [-0.1, -0.05) is 35.0 Å². The second-order valence-corrected chi connectivity index (χ2v) is 6.61. The normalized spacial score (nSPS) is 22.9. The second kappa shape index (κ2) is 7.55. The first-order valence-electron chi connectivity index (χ1n) is 7.46. The number of aliphatic hydroxyl groups is 1. The van der Waals surface area contributed by atoms with Crippen LogP contribution in [0.15, 0.2) is 28.7 Å². The zero-order valence-electron chi connectivity index (χ0n) is 12.4. The maximum atomic E-state index is 10.3. The first kappa shape index (κ1) is 16.0. The first-order valence-corrected chi connectivity index (χ1v) is 8.25. The number of piperazine rings is 1. The Balaban J connectivity index is 1.81. The van der Waals surface area contributed by atoms with E-state index >= 15 is 0 Å². The summed E-state index contributed by atoms with van der Waals surface area (Å²) in [5.74, 6) is 0. The highest BCUT2D eigenvalue weighted by molar-refractivity contribution is 9.10. The van der Waals surface area contributed by atoms with E-state index in [1.807, 2.05) is 24.3 Å². The van der Waals surface area contributed by atoms with Crippen molar-refractivity contribution in [3.8, 4) is 0 Å². The van der Waals surface area contributed by atoms with Crippen LogP contribution in [0.5, 0.6) is 0 Å². The van der Waals surface area contributed by atoms with Crippen LogP contribution >= 0.6 is 15.9 Å². The van der Waals surface area contributed by atoms with E-state index in [1.54, 1.807) is 0 Å². The number of hydrogen-bond acceptors (Lipinski definition) is 3. The number of likely N-dealkylation sites (N-methyl/N-ethyl adjacent to an activating group) is 1. The minimum atomic E-state index is -0.358. The van der Waals surface area contributed by atoms with E-state index < -0.39 is 0 Å². The maximum Gasteiger partial charge on any atom is 0.0802 e. The molecule has 1 aliphatic rings. The fourth-order valence-corrected chi connectivity index (χ4v) is 3.08. The Morgan fingerprint density at radius 2 is 2.00 bits per heavy atom. The Bertz CT molecular complexity index is 409. The number of nitrogens with zero attached hydrogens (tertiary/aromatic N) is 2. The fourth-order valence-electron chi connectivity index (χ4n) is 2.81. The van der Waals surface area contributed by atoms with E-state index in [-0.39, 0.29) is 6.10 Å². The van der Waals surface area contributed by atoms with Gasteiger partial charge in [-0.3, -0.25) is 0 Å². The molecule has 0 aliphatic carbocycles. The molecule has 1 aromatic carbocycles. The van der Waals surface area contributed by atoms with Gasteiger partial charge in [0.1, 0.15) is 0 Å². The largest absolute Gasteiger partial charge is 0.388 e. The predicted molar refractivity (Wildman–Crippen MR) is 86.9 cm³/mol. The highest BCUT2D eigenvalue weighted by Crippen LogP contribution is 2.20. The van der Waals surface area contributed by atoms with E-state index in [2.05, 4.69) is 39.7 Å². The van der Waals surface area contributed by atoms with Crippen LogP contribution in [0.25, 0.3) is 0 Å². The van der Waals surface area contributed by atoms with Gasteiger partial charge >= 0.3 is 0 Å². The smallest absolute Gasteiger partial charge is 0.0802 e. The molecule has 0 aromatic heterocycles. The van der Waals surface area contributed by atoms with Crippen LogP contribution < -0.4 is 0 Å². The molecule has 112 valence electrons. The molecule has 1 fully saturated rings. The predicted octanol–water partition coefficient (Wildman–Crippen LogP) is 2.90. The molecule has 2 unspecified atom stereocenters. The average molecular weight is 341 g/mol. The van der Waals surface area contributed by atoms with Crippen LogP contribution in [0.3, 0.4) is 0 Å². The molecule has 1 heterocycles. The molecule has 2 atom stereocenters. The molecule has 0 bridgehead atoms. The summed E-state index contributed by atoms with van der Waals surface area (Å²) in [7, 11) is 2.21. The third-order valence-corrected chi connectivity index (χ3v) is 4.83. The monoisotopic (exact) mass is 340 g/mol. The summed E-state index contributed by atoms with van der Waals surface area (Å²) in [4.78, 5) is 4.93. The Labute approximate surface area is 130 Å². The van der Waals surface area contributed by atoms with Crippen LogP contribution in [0, 0.1) is 0 Å². The number of rotatable bonds is 5. The van der Waals surface area contributed by atoms with Crippen molar-refractivity contribution >= 4 is 15.9 Å². The molecule has 1 aliphatic heterocycles. The van der Waals surface area contributed by atoms with Crippen molar-refractivity contribution < 1.29 is 5.11 Å². The van der Waals surface area contributed by atoms with Crippen LogP contribution in [-0.2, 0) is 0 Å². The van der Waals surface area contributed by atoms with Gasteiger partial charge in [0.25, 0.3) is 0 Å². The van der Waals surface area contributed by atoms with E-state index in [0.29, 0.717) is 6.04 Å². The Kier molecular flexibility index (Phi) is 6.02. The van der Waals surface area contributed by atoms with Crippen molar-refractivity contribution in [1.82, 2.24) is 9.80 Å².